The van der Waals surface area contributed by atoms with Gasteiger partial charge in [-0.2, -0.15) is 0 Å². The van der Waals surface area contributed by atoms with E-state index in [0.717, 1.165) is 54.9 Å². The van der Waals surface area contributed by atoms with E-state index in [1.165, 1.54) is 0 Å². The smallest absolute Gasteiger partial charge is 0.228 e. The fourth-order valence-corrected chi connectivity index (χ4v) is 4.17. The van der Waals surface area contributed by atoms with Crippen molar-refractivity contribution in [2.45, 2.75) is 19.3 Å². The highest BCUT2D eigenvalue weighted by molar-refractivity contribution is 5.95. The lowest BCUT2D eigenvalue weighted by Gasteiger charge is -2.23. The minimum absolute atomic E-state index is 0.134. The summed E-state index contributed by atoms with van der Waals surface area (Å²) in [5, 5.41) is 6.41. The van der Waals surface area contributed by atoms with E-state index in [2.05, 4.69) is 20.6 Å². The van der Waals surface area contributed by atoms with Crippen LogP contribution in [-0.4, -0.2) is 33.5 Å². The van der Waals surface area contributed by atoms with Crippen molar-refractivity contribution in [1.82, 2.24) is 19.9 Å². The number of rotatable bonds is 3. The molecule has 0 bridgehead atoms. The molecule has 2 aliphatic rings. The minimum Gasteiger partial charge on any atom is -0.324 e. The molecule has 3 aromatic rings. The van der Waals surface area contributed by atoms with Crippen LogP contribution in [0.3, 0.4) is 0 Å². The third kappa shape index (κ3) is 2.57. The summed E-state index contributed by atoms with van der Waals surface area (Å²) < 4.78 is 1.95. The van der Waals surface area contributed by atoms with E-state index < -0.39 is 0 Å². The number of imidazole rings is 1. The Morgan fingerprint density at radius 3 is 2.81 bits per heavy atom. The molecule has 2 fully saturated rings. The van der Waals surface area contributed by atoms with E-state index in [1.54, 1.807) is 12.5 Å². The first-order valence-corrected chi connectivity index (χ1v) is 9.15. The molecule has 1 aliphatic heterocycles. The SMILES string of the molecule is O=C(Nc1ccc(-n2cnc3ccccc32)nc1)C1CC12CCNCC2. The number of nitrogens with one attached hydrogen (secondary N) is 2. The van der Waals surface area contributed by atoms with Crippen LogP contribution < -0.4 is 10.6 Å². The number of piperidine rings is 1. The van der Waals surface area contributed by atoms with Crippen molar-refractivity contribution in [3.05, 3.63) is 48.9 Å². The Balaban J connectivity index is 1.30. The van der Waals surface area contributed by atoms with E-state index in [9.17, 15) is 4.79 Å². The summed E-state index contributed by atoms with van der Waals surface area (Å²) in [6, 6.07) is 11.8. The molecule has 3 heterocycles. The maximum atomic E-state index is 12.6. The van der Waals surface area contributed by atoms with Gasteiger partial charge in [0.1, 0.15) is 12.1 Å². The van der Waals surface area contributed by atoms with Crippen LogP contribution in [0.2, 0.25) is 0 Å². The Morgan fingerprint density at radius 1 is 1.15 bits per heavy atom. The van der Waals surface area contributed by atoms with Crippen LogP contribution in [0, 0.1) is 11.3 Å². The third-order valence-corrected chi connectivity index (χ3v) is 5.82. The lowest BCUT2D eigenvalue weighted by Crippen LogP contribution is -2.31. The van der Waals surface area contributed by atoms with E-state index in [4.69, 9.17) is 0 Å². The van der Waals surface area contributed by atoms with Crippen molar-refractivity contribution >= 4 is 22.6 Å². The summed E-state index contributed by atoms with van der Waals surface area (Å²) in [4.78, 5) is 21.5. The van der Waals surface area contributed by atoms with Crippen LogP contribution in [0.15, 0.2) is 48.9 Å². The number of amides is 1. The summed E-state index contributed by atoms with van der Waals surface area (Å²) in [5.41, 5.74) is 2.95. The van der Waals surface area contributed by atoms with Gasteiger partial charge in [0.25, 0.3) is 0 Å². The van der Waals surface area contributed by atoms with E-state index >= 15 is 0 Å². The van der Waals surface area contributed by atoms with Crippen molar-refractivity contribution in [1.29, 1.82) is 0 Å². The highest BCUT2D eigenvalue weighted by Crippen LogP contribution is 2.58. The van der Waals surface area contributed by atoms with Gasteiger partial charge in [-0.05, 0) is 62.0 Å². The molecule has 2 aromatic heterocycles. The lowest BCUT2D eigenvalue weighted by atomic mass is 9.92. The minimum atomic E-state index is 0.134. The maximum Gasteiger partial charge on any atom is 0.228 e. The molecule has 1 saturated heterocycles. The number of para-hydroxylation sites is 2. The molecule has 6 heteroatoms. The Morgan fingerprint density at radius 2 is 2.00 bits per heavy atom. The highest BCUT2D eigenvalue weighted by Gasteiger charge is 2.57. The standard InChI is InChI=1S/C20H21N5O/c26-19(15-11-20(15)7-9-21-10-8-20)24-14-5-6-18(22-12-14)25-13-23-16-3-1-2-4-17(16)25/h1-6,12-13,15,21H,7-11H2,(H,24,26). The molecule has 1 amide bonds. The number of hydrogen-bond donors (Lipinski definition) is 2. The molecule has 2 N–H and O–H groups in total. The average molecular weight is 347 g/mol. The maximum absolute atomic E-state index is 12.6. The zero-order valence-electron chi connectivity index (χ0n) is 14.5. The summed E-state index contributed by atoms with van der Waals surface area (Å²) in [6.45, 7) is 2.05. The molecule has 1 atom stereocenters. The van der Waals surface area contributed by atoms with Gasteiger partial charge in [0.2, 0.25) is 5.91 Å². The van der Waals surface area contributed by atoms with Gasteiger partial charge < -0.3 is 10.6 Å². The van der Waals surface area contributed by atoms with Gasteiger partial charge in [-0.1, -0.05) is 12.1 Å². The first-order chi connectivity index (χ1) is 12.8. The zero-order valence-corrected chi connectivity index (χ0v) is 14.5. The fraction of sp³-hybridized carbons (Fsp3) is 0.350. The van der Waals surface area contributed by atoms with Crippen molar-refractivity contribution in [2.75, 3.05) is 18.4 Å². The molecule has 1 saturated carbocycles. The van der Waals surface area contributed by atoms with Gasteiger partial charge in [0.15, 0.2) is 0 Å². The zero-order chi connectivity index (χ0) is 17.6. The van der Waals surface area contributed by atoms with Crippen molar-refractivity contribution in [3.63, 3.8) is 0 Å². The number of hydrogen-bond acceptors (Lipinski definition) is 4. The molecule has 5 rings (SSSR count). The molecule has 1 aromatic carbocycles. The lowest BCUT2D eigenvalue weighted by molar-refractivity contribution is -0.118. The van der Waals surface area contributed by atoms with Crippen LogP contribution in [-0.2, 0) is 4.79 Å². The molecule has 26 heavy (non-hydrogen) atoms. The van der Waals surface area contributed by atoms with Gasteiger partial charge in [0.05, 0.1) is 22.9 Å². The summed E-state index contributed by atoms with van der Waals surface area (Å²) >= 11 is 0. The van der Waals surface area contributed by atoms with E-state index in [-0.39, 0.29) is 17.2 Å². The highest BCUT2D eigenvalue weighted by atomic mass is 16.2. The van der Waals surface area contributed by atoms with Gasteiger partial charge in [0, 0.05) is 5.92 Å². The molecule has 1 aliphatic carbocycles. The normalized spacial score (nSPS) is 21.0. The second-order valence-electron chi connectivity index (χ2n) is 7.37. The number of pyridine rings is 1. The summed E-state index contributed by atoms with van der Waals surface area (Å²) in [7, 11) is 0. The average Bonchev–Trinajstić information content (AvgIpc) is 3.20. The largest absolute Gasteiger partial charge is 0.324 e. The van der Waals surface area contributed by atoms with Crippen molar-refractivity contribution in [2.24, 2.45) is 11.3 Å². The number of carbonyl (C=O) groups excluding carboxylic acids is 1. The summed E-state index contributed by atoms with van der Waals surface area (Å²) in [5.74, 6) is 1.08. The van der Waals surface area contributed by atoms with E-state index in [0.29, 0.717) is 0 Å². The number of carbonyl (C=O) groups is 1. The Kier molecular flexibility index (Phi) is 3.53. The number of benzene rings is 1. The number of nitrogens with zero attached hydrogens (tertiary/aromatic N) is 3. The van der Waals surface area contributed by atoms with Crippen LogP contribution >= 0.6 is 0 Å². The second kappa shape index (κ2) is 5.92. The number of anilines is 1. The van der Waals surface area contributed by atoms with Gasteiger partial charge in [-0.15, -0.1) is 0 Å². The van der Waals surface area contributed by atoms with Crippen LogP contribution in [0.25, 0.3) is 16.9 Å². The van der Waals surface area contributed by atoms with Crippen LogP contribution in [0.5, 0.6) is 0 Å². The number of aromatic nitrogens is 3. The number of fused-ring (bicyclic) bond motifs is 1. The van der Waals surface area contributed by atoms with Crippen LogP contribution in [0.1, 0.15) is 19.3 Å². The monoisotopic (exact) mass is 347 g/mol. The summed E-state index contributed by atoms with van der Waals surface area (Å²) in [6.07, 6.45) is 6.73. The Hall–Kier alpha value is -2.73. The predicted octanol–water partition coefficient (Wildman–Crippen LogP) is 2.75. The topological polar surface area (TPSA) is 71.8 Å². The predicted molar refractivity (Wildman–Crippen MR) is 100 cm³/mol. The first kappa shape index (κ1) is 15.5. The third-order valence-electron chi connectivity index (χ3n) is 5.82. The molecular formula is C20H21N5O. The molecular weight excluding hydrogens is 326 g/mol. The van der Waals surface area contributed by atoms with Gasteiger partial charge in [-0.25, -0.2) is 9.97 Å². The van der Waals surface area contributed by atoms with Crippen LogP contribution in [0.4, 0.5) is 5.69 Å². The first-order valence-electron chi connectivity index (χ1n) is 9.15. The van der Waals surface area contributed by atoms with Crippen molar-refractivity contribution in [3.8, 4) is 5.82 Å². The van der Waals surface area contributed by atoms with E-state index in [1.807, 2.05) is 41.0 Å². The molecule has 1 unspecified atom stereocenters. The molecule has 6 nitrogen and oxygen atoms in total. The quantitative estimate of drug-likeness (QED) is 0.764. The molecule has 132 valence electrons. The fourth-order valence-electron chi connectivity index (χ4n) is 4.17. The molecule has 1 spiro atoms. The molecule has 0 radical (unpaired) electrons. The van der Waals surface area contributed by atoms with Crippen molar-refractivity contribution < 1.29 is 4.79 Å². The van der Waals surface area contributed by atoms with Gasteiger partial charge in [-0.3, -0.25) is 9.36 Å². The van der Waals surface area contributed by atoms with Gasteiger partial charge >= 0.3 is 0 Å². The Bertz CT molecular complexity index is 956. The Labute approximate surface area is 151 Å². The second-order valence-corrected chi connectivity index (χ2v) is 7.37.